The van der Waals surface area contributed by atoms with Crippen molar-refractivity contribution >= 4 is 11.7 Å². The number of nitrogens with zero attached hydrogens (tertiary/aromatic N) is 3. The van der Waals surface area contributed by atoms with Crippen molar-refractivity contribution < 1.29 is 4.42 Å². The van der Waals surface area contributed by atoms with Crippen molar-refractivity contribution in [1.82, 2.24) is 9.38 Å². The Bertz CT molecular complexity index is 1260. The Kier molecular flexibility index (Phi) is 3.84. The number of rotatable bonds is 4. The molecular weight excluding hydrogens is 350 g/mol. The highest BCUT2D eigenvalue weighted by Crippen LogP contribution is 2.41. The predicted molar refractivity (Wildman–Crippen MR) is 109 cm³/mol. The van der Waals surface area contributed by atoms with Gasteiger partial charge in [0.1, 0.15) is 11.4 Å². The highest BCUT2D eigenvalue weighted by atomic mass is 16.4. The van der Waals surface area contributed by atoms with Crippen LogP contribution in [0.15, 0.2) is 101 Å². The van der Waals surface area contributed by atoms with E-state index in [0.717, 1.165) is 22.4 Å². The number of imidazole rings is 1. The van der Waals surface area contributed by atoms with Crippen LogP contribution in [0, 0.1) is 4.91 Å². The van der Waals surface area contributed by atoms with Gasteiger partial charge in [-0.2, -0.15) is 4.98 Å². The van der Waals surface area contributed by atoms with Crippen LogP contribution in [-0.4, -0.2) is 9.38 Å². The van der Waals surface area contributed by atoms with Crippen LogP contribution in [0.4, 0.5) is 5.82 Å². The Morgan fingerprint density at radius 2 is 1.25 bits per heavy atom. The van der Waals surface area contributed by atoms with E-state index in [0.29, 0.717) is 17.3 Å². The highest BCUT2D eigenvalue weighted by Gasteiger charge is 2.25. The van der Waals surface area contributed by atoms with Crippen molar-refractivity contribution in [1.29, 1.82) is 0 Å². The number of nitroso groups, excluding NO2 is 1. The maximum atomic E-state index is 11.9. The average molecular weight is 365 g/mol. The van der Waals surface area contributed by atoms with Crippen LogP contribution in [0.25, 0.3) is 39.7 Å². The first-order valence-corrected chi connectivity index (χ1v) is 8.91. The summed E-state index contributed by atoms with van der Waals surface area (Å²) < 4.78 is 7.84. The molecule has 0 N–H and O–H groups in total. The SMILES string of the molecule is O=Nc1c(-c2ccccc2)nc2oc(-c3ccccc3)c(-c3ccccc3)n12. The summed E-state index contributed by atoms with van der Waals surface area (Å²) in [4.78, 5) is 16.4. The molecule has 0 aliphatic carbocycles. The molecule has 134 valence electrons. The molecule has 2 aromatic heterocycles. The Balaban J connectivity index is 1.86. The summed E-state index contributed by atoms with van der Waals surface area (Å²) in [5.74, 6) is 1.22. The molecule has 0 atom stereocenters. The molecule has 5 rings (SSSR count). The van der Waals surface area contributed by atoms with Crippen LogP contribution < -0.4 is 0 Å². The summed E-state index contributed by atoms with van der Waals surface area (Å²) >= 11 is 0. The molecule has 0 spiro atoms. The quantitative estimate of drug-likeness (QED) is 0.350. The summed E-state index contributed by atoms with van der Waals surface area (Å²) in [6.45, 7) is 0. The van der Waals surface area contributed by atoms with Gasteiger partial charge in [0.25, 0.3) is 0 Å². The van der Waals surface area contributed by atoms with Gasteiger partial charge in [-0.15, -0.1) is 4.91 Å². The van der Waals surface area contributed by atoms with Gasteiger partial charge in [-0.25, -0.2) is 4.40 Å². The molecule has 28 heavy (non-hydrogen) atoms. The van der Waals surface area contributed by atoms with E-state index in [1.54, 1.807) is 4.40 Å². The third kappa shape index (κ3) is 2.53. The number of benzene rings is 3. The van der Waals surface area contributed by atoms with Gasteiger partial charge < -0.3 is 4.42 Å². The highest BCUT2D eigenvalue weighted by molar-refractivity contribution is 5.84. The van der Waals surface area contributed by atoms with Gasteiger partial charge in [0, 0.05) is 16.7 Å². The first-order chi connectivity index (χ1) is 13.9. The molecular formula is C23H15N3O2. The van der Waals surface area contributed by atoms with Crippen LogP contribution in [0.5, 0.6) is 0 Å². The number of hydrogen-bond donors (Lipinski definition) is 0. The minimum absolute atomic E-state index is 0.228. The van der Waals surface area contributed by atoms with Crippen molar-refractivity contribution in [3.05, 3.63) is 95.9 Å². The Morgan fingerprint density at radius 1 is 0.714 bits per heavy atom. The molecule has 5 nitrogen and oxygen atoms in total. The minimum atomic E-state index is 0.228. The van der Waals surface area contributed by atoms with Crippen LogP contribution in [-0.2, 0) is 0 Å². The molecule has 3 aromatic carbocycles. The van der Waals surface area contributed by atoms with E-state index in [1.165, 1.54) is 0 Å². The standard InChI is InChI=1S/C23H15N3O2/c27-25-22-19(16-10-4-1-5-11-16)24-23-26(22)20(17-12-6-2-7-13-17)21(28-23)18-14-8-3-9-15-18/h1-15H. The lowest BCUT2D eigenvalue weighted by Crippen LogP contribution is -1.88. The zero-order chi connectivity index (χ0) is 18.9. The molecule has 0 saturated heterocycles. The van der Waals surface area contributed by atoms with E-state index in [9.17, 15) is 4.91 Å². The second kappa shape index (κ2) is 6.63. The molecule has 0 fully saturated rings. The topological polar surface area (TPSA) is 59.9 Å². The second-order valence-corrected chi connectivity index (χ2v) is 6.37. The molecule has 0 unspecified atom stereocenters. The fourth-order valence-electron chi connectivity index (χ4n) is 3.42. The molecule has 5 aromatic rings. The maximum absolute atomic E-state index is 11.9. The molecule has 0 aliphatic rings. The van der Waals surface area contributed by atoms with E-state index in [1.807, 2.05) is 91.0 Å². The first kappa shape index (κ1) is 16.2. The molecule has 0 radical (unpaired) electrons. The van der Waals surface area contributed by atoms with Crippen LogP contribution in [0.2, 0.25) is 0 Å². The average Bonchev–Trinajstić information content (AvgIpc) is 3.31. The van der Waals surface area contributed by atoms with Gasteiger partial charge in [-0.1, -0.05) is 91.0 Å². The lowest BCUT2D eigenvalue weighted by atomic mass is 10.1. The Morgan fingerprint density at radius 3 is 1.82 bits per heavy atom. The summed E-state index contributed by atoms with van der Waals surface area (Å²) in [6, 6.07) is 29.1. The van der Waals surface area contributed by atoms with Gasteiger partial charge in [-0.3, -0.25) is 0 Å². The van der Waals surface area contributed by atoms with Gasteiger partial charge >= 0.3 is 5.84 Å². The van der Waals surface area contributed by atoms with Gasteiger partial charge in [0.05, 0.1) is 0 Å². The summed E-state index contributed by atoms with van der Waals surface area (Å²) in [6.07, 6.45) is 0. The van der Waals surface area contributed by atoms with Crippen molar-refractivity contribution in [3.63, 3.8) is 0 Å². The Labute approximate surface area is 160 Å². The maximum Gasteiger partial charge on any atom is 0.309 e. The molecule has 2 heterocycles. The number of fused-ring (bicyclic) bond motifs is 1. The van der Waals surface area contributed by atoms with Crippen molar-refractivity contribution in [2.24, 2.45) is 5.18 Å². The minimum Gasteiger partial charge on any atom is -0.422 e. The van der Waals surface area contributed by atoms with E-state index in [4.69, 9.17) is 4.42 Å². The summed E-state index contributed by atoms with van der Waals surface area (Å²) in [5, 5.41) is 3.32. The fraction of sp³-hybridized carbons (Fsp3) is 0. The number of hydrogen-bond acceptors (Lipinski definition) is 4. The zero-order valence-corrected chi connectivity index (χ0v) is 14.8. The van der Waals surface area contributed by atoms with Crippen molar-refractivity contribution in [2.45, 2.75) is 0 Å². The smallest absolute Gasteiger partial charge is 0.309 e. The molecule has 0 bridgehead atoms. The summed E-state index contributed by atoms with van der Waals surface area (Å²) in [7, 11) is 0. The summed E-state index contributed by atoms with van der Waals surface area (Å²) in [5.41, 5.74) is 3.90. The van der Waals surface area contributed by atoms with Crippen LogP contribution in [0.3, 0.4) is 0 Å². The molecule has 5 heteroatoms. The van der Waals surface area contributed by atoms with E-state index < -0.39 is 0 Å². The van der Waals surface area contributed by atoms with E-state index in [2.05, 4.69) is 10.2 Å². The van der Waals surface area contributed by atoms with Gasteiger partial charge in [-0.05, 0) is 5.18 Å². The fourth-order valence-corrected chi connectivity index (χ4v) is 3.42. The largest absolute Gasteiger partial charge is 0.422 e. The molecule has 0 saturated carbocycles. The number of aromatic nitrogens is 2. The van der Waals surface area contributed by atoms with E-state index >= 15 is 0 Å². The van der Waals surface area contributed by atoms with Gasteiger partial charge in [0.2, 0.25) is 5.82 Å². The normalized spacial score (nSPS) is 11.0. The lowest BCUT2D eigenvalue weighted by molar-refractivity contribution is 0.611. The first-order valence-electron chi connectivity index (χ1n) is 8.91. The van der Waals surface area contributed by atoms with Gasteiger partial charge in [0.15, 0.2) is 5.76 Å². The van der Waals surface area contributed by atoms with Crippen LogP contribution in [0.1, 0.15) is 0 Å². The number of oxazole rings is 1. The third-order valence-electron chi connectivity index (χ3n) is 4.67. The van der Waals surface area contributed by atoms with Crippen molar-refractivity contribution in [3.8, 4) is 33.8 Å². The van der Waals surface area contributed by atoms with Crippen LogP contribution >= 0.6 is 0 Å². The molecule has 0 amide bonds. The Hall–Kier alpha value is -3.99. The monoisotopic (exact) mass is 365 g/mol. The molecule has 0 aliphatic heterocycles. The third-order valence-corrected chi connectivity index (χ3v) is 4.67. The predicted octanol–water partition coefficient (Wildman–Crippen LogP) is 6.33. The lowest BCUT2D eigenvalue weighted by Gasteiger charge is -2.05. The van der Waals surface area contributed by atoms with E-state index in [-0.39, 0.29) is 5.82 Å². The second-order valence-electron chi connectivity index (χ2n) is 6.37. The zero-order valence-electron chi connectivity index (χ0n) is 14.8. The van der Waals surface area contributed by atoms with Crippen molar-refractivity contribution in [2.75, 3.05) is 0 Å².